The van der Waals surface area contributed by atoms with E-state index in [4.69, 9.17) is 9.84 Å². The number of ether oxygens (including phenoxy) is 1. The highest BCUT2D eigenvalue weighted by Gasteiger charge is 2.23. The van der Waals surface area contributed by atoms with E-state index >= 15 is 0 Å². The van der Waals surface area contributed by atoms with E-state index in [9.17, 15) is 9.59 Å². The number of rotatable bonds is 3. The van der Waals surface area contributed by atoms with E-state index in [1.54, 1.807) is 20.8 Å². The molecule has 6 nitrogen and oxygen atoms in total. The van der Waals surface area contributed by atoms with Crippen LogP contribution in [0.1, 0.15) is 20.8 Å². The van der Waals surface area contributed by atoms with Crippen molar-refractivity contribution < 1.29 is 19.4 Å². The number of hydrogen-bond donors (Lipinski definition) is 3. The van der Waals surface area contributed by atoms with Gasteiger partial charge in [0.05, 0.1) is 6.61 Å². The lowest BCUT2D eigenvalue weighted by Crippen LogP contribution is -2.46. The number of hydrogen-bond acceptors (Lipinski definition) is 4. The van der Waals surface area contributed by atoms with Gasteiger partial charge < -0.3 is 20.5 Å². The Bertz CT molecular complexity index is 235. The van der Waals surface area contributed by atoms with Crippen molar-refractivity contribution in [1.82, 2.24) is 10.6 Å². The van der Waals surface area contributed by atoms with Gasteiger partial charge in [0.25, 0.3) is 5.91 Å². The average molecular weight is 218 g/mol. The van der Waals surface area contributed by atoms with Crippen LogP contribution >= 0.6 is 0 Å². The summed E-state index contributed by atoms with van der Waals surface area (Å²) in [6.07, 6.45) is -1.90. The Morgan fingerprint density at radius 2 is 1.93 bits per heavy atom. The molecule has 0 heterocycles. The minimum Gasteiger partial charge on any atom is -0.434 e. The van der Waals surface area contributed by atoms with E-state index in [2.05, 4.69) is 10.6 Å². The highest BCUT2D eigenvalue weighted by molar-refractivity contribution is 5.83. The van der Waals surface area contributed by atoms with E-state index in [-0.39, 0.29) is 0 Å². The molecule has 1 atom stereocenters. The van der Waals surface area contributed by atoms with Crippen LogP contribution in [0.4, 0.5) is 4.79 Å². The van der Waals surface area contributed by atoms with Gasteiger partial charge in [-0.1, -0.05) is 0 Å². The third kappa shape index (κ3) is 5.90. The molecule has 0 spiro atoms. The molecule has 0 aromatic rings. The van der Waals surface area contributed by atoms with Crippen molar-refractivity contribution in [1.29, 1.82) is 0 Å². The maximum atomic E-state index is 11.2. The van der Waals surface area contributed by atoms with Crippen LogP contribution in [-0.2, 0) is 9.53 Å². The van der Waals surface area contributed by atoms with Gasteiger partial charge in [0.1, 0.15) is 0 Å². The second-order valence-corrected chi connectivity index (χ2v) is 4.07. The summed E-state index contributed by atoms with van der Waals surface area (Å²) in [5.41, 5.74) is -0.445. The van der Waals surface area contributed by atoms with Crippen LogP contribution < -0.4 is 10.6 Å². The van der Waals surface area contributed by atoms with Gasteiger partial charge in [-0.3, -0.25) is 4.79 Å². The SMILES string of the molecule is CNC(=O)C(CO)OC(=O)NC(C)(C)C. The number of likely N-dealkylation sites (N-methyl/N-ethyl adjacent to an activating group) is 1. The maximum absolute atomic E-state index is 11.2. The van der Waals surface area contributed by atoms with Gasteiger partial charge >= 0.3 is 6.09 Å². The van der Waals surface area contributed by atoms with E-state index < -0.39 is 30.3 Å². The molecule has 0 bridgehead atoms. The van der Waals surface area contributed by atoms with E-state index in [1.807, 2.05) is 0 Å². The molecule has 0 fully saturated rings. The van der Waals surface area contributed by atoms with E-state index in [0.29, 0.717) is 0 Å². The summed E-state index contributed by atoms with van der Waals surface area (Å²) < 4.78 is 4.72. The van der Waals surface area contributed by atoms with Gasteiger partial charge in [-0.2, -0.15) is 0 Å². The Balaban J connectivity index is 4.20. The first-order valence-corrected chi connectivity index (χ1v) is 4.61. The molecule has 0 saturated carbocycles. The molecular weight excluding hydrogens is 200 g/mol. The molecule has 6 heteroatoms. The lowest BCUT2D eigenvalue weighted by atomic mass is 10.1. The smallest absolute Gasteiger partial charge is 0.408 e. The molecule has 0 aliphatic rings. The third-order valence-electron chi connectivity index (χ3n) is 1.43. The first-order chi connectivity index (χ1) is 6.80. The Morgan fingerprint density at radius 1 is 1.40 bits per heavy atom. The predicted octanol–water partition coefficient (Wildman–Crippen LogP) is -0.382. The summed E-state index contributed by atoms with van der Waals surface area (Å²) in [7, 11) is 1.40. The van der Waals surface area contributed by atoms with Crippen LogP contribution in [0, 0.1) is 0 Å². The van der Waals surface area contributed by atoms with Crippen LogP contribution in [0.3, 0.4) is 0 Å². The molecule has 15 heavy (non-hydrogen) atoms. The number of aliphatic hydroxyl groups is 1. The largest absolute Gasteiger partial charge is 0.434 e. The van der Waals surface area contributed by atoms with Crippen molar-refractivity contribution in [3.63, 3.8) is 0 Å². The topological polar surface area (TPSA) is 87.7 Å². The normalized spacial score (nSPS) is 12.9. The zero-order valence-electron chi connectivity index (χ0n) is 9.46. The Morgan fingerprint density at radius 3 is 2.27 bits per heavy atom. The van der Waals surface area contributed by atoms with Crippen molar-refractivity contribution >= 4 is 12.0 Å². The standard InChI is InChI=1S/C9H18N2O4/c1-9(2,3)11-8(14)15-6(5-12)7(13)10-4/h6,12H,5H2,1-4H3,(H,10,13)(H,11,14). The van der Waals surface area contributed by atoms with Crippen molar-refractivity contribution in [2.75, 3.05) is 13.7 Å². The second-order valence-electron chi connectivity index (χ2n) is 4.07. The summed E-state index contributed by atoms with van der Waals surface area (Å²) in [6, 6.07) is 0. The lowest BCUT2D eigenvalue weighted by Gasteiger charge is -2.22. The number of aliphatic hydroxyl groups excluding tert-OH is 1. The fraction of sp³-hybridized carbons (Fsp3) is 0.778. The Labute approximate surface area is 89.0 Å². The fourth-order valence-corrected chi connectivity index (χ4v) is 0.800. The van der Waals surface area contributed by atoms with Gasteiger partial charge in [0, 0.05) is 12.6 Å². The zero-order chi connectivity index (χ0) is 12.1. The molecule has 88 valence electrons. The molecular formula is C9H18N2O4. The maximum Gasteiger partial charge on any atom is 0.408 e. The van der Waals surface area contributed by atoms with Crippen LogP contribution in [0.15, 0.2) is 0 Å². The van der Waals surface area contributed by atoms with Crippen molar-refractivity contribution in [2.24, 2.45) is 0 Å². The third-order valence-corrected chi connectivity index (χ3v) is 1.43. The molecule has 0 aliphatic heterocycles. The van der Waals surface area contributed by atoms with Gasteiger partial charge in [-0.15, -0.1) is 0 Å². The van der Waals surface area contributed by atoms with Crippen molar-refractivity contribution in [3.05, 3.63) is 0 Å². The summed E-state index contributed by atoms with van der Waals surface area (Å²) in [6.45, 7) is 4.80. The molecule has 1 unspecified atom stereocenters. The first kappa shape index (κ1) is 13.7. The van der Waals surface area contributed by atoms with Crippen LogP contribution in [0.5, 0.6) is 0 Å². The summed E-state index contributed by atoms with van der Waals surface area (Å²) >= 11 is 0. The highest BCUT2D eigenvalue weighted by atomic mass is 16.6. The summed E-state index contributed by atoms with van der Waals surface area (Å²) in [5.74, 6) is -0.540. The number of amides is 2. The van der Waals surface area contributed by atoms with Crippen LogP contribution in [0.2, 0.25) is 0 Å². The summed E-state index contributed by atoms with van der Waals surface area (Å²) in [5, 5.41) is 13.6. The molecule has 0 aliphatic carbocycles. The Hall–Kier alpha value is -1.30. The van der Waals surface area contributed by atoms with E-state index in [0.717, 1.165) is 0 Å². The highest BCUT2D eigenvalue weighted by Crippen LogP contribution is 2.00. The first-order valence-electron chi connectivity index (χ1n) is 4.61. The summed E-state index contributed by atoms with van der Waals surface area (Å²) in [4.78, 5) is 22.3. The number of alkyl carbamates (subject to hydrolysis) is 1. The molecule has 2 amide bonds. The van der Waals surface area contributed by atoms with Gasteiger partial charge in [-0.25, -0.2) is 4.79 Å². The zero-order valence-corrected chi connectivity index (χ0v) is 9.46. The molecule has 0 rings (SSSR count). The monoisotopic (exact) mass is 218 g/mol. The predicted molar refractivity (Wildman–Crippen MR) is 54.3 cm³/mol. The molecule has 0 saturated heterocycles. The molecule has 0 radical (unpaired) electrons. The average Bonchev–Trinajstić information content (AvgIpc) is 2.10. The van der Waals surface area contributed by atoms with Gasteiger partial charge in [0.15, 0.2) is 0 Å². The van der Waals surface area contributed by atoms with Crippen LogP contribution in [-0.4, -0.2) is 42.4 Å². The molecule has 0 aromatic carbocycles. The molecule has 0 aromatic heterocycles. The quantitative estimate of drug-likeness (QED) is 0.602. The van der Waals surface area contributed by atoms with Crippen molar-refractivity contribution in [2.45, 2.75) is 32.4 Å². The van der Waals surface area contributed by atoms with Crippen molar-refractivity contribution in [3.8, 4) is 0 Å². The number of carbonyl (C=O) groups is 2. The van der Waals surface area contributed by atoms with E-state index in [1.165, 1.54) is 7.05 Å². The Kier molecular flexibility index (Phi) is 5.07. The number of nitrogens with one attached hydrogen (secondary N) is 2. The van der Waals surface area contributed by atoms with Gasteiger partial charge in [-0.05, 0) is 20.8 Å². The fourth-order valence-electron chi connectivity index (χ4n) is 0.800. The minimum atomic E-state index is -1.17. The lowest BCUT2D eigenvalue weighted by molar-refractivity contribution is -0.131. The molecule has 3 N–H and O–H groups in total. The van der Waals surface area contributed by atoms with Crippen LogP contribution in [0.25, 0.3) is 0 Å². The minimum absolute atomic E-state index is 0.445. The van der Waals surface area contributed by atoms with Gasteiger partial charge in [0.2, 0.25) is 6.10 Å². The second kappa shape index (κ2) is 5.55. The number of carbonyl (C=O) groups excluding carboxylic acids is 2.